The number of para-hydroxylation sites is 1. The molecule has 2 aromatic rings. The van der Waals surface area contributed by atoms with E-state index in [-0.39, 0.29) is 4.90 Å². The molecule has 0 bridgehead atoms. The number of sulfone groups is 1. The number of halogens is 3. The summed E-state index contributed by atoms with van der Waals surface area (Å²) in [6, 6.07) is 8.21. The highest BCUT2D eigenvalue weighted by Gasteiger charge is 2.40. The highest BCUT2D eigenvalue weighted by molar-refractivity contribution is 7.97. The Labute approximate surface area is 120 Å². The summed E-state index contributed by atoms with van der Waals surface area (Å²) in [4.78, 5) is 4.22. The van der Waals surface area contributed by atoms with Gasteiger partial charge in [-0.1, -0.05) is 53.0 Å². The summed E-state index contributed by atoms with van der Waals surface area (Å²) in [6.45, 7) is 1.68. The third-order valence-electron chi connectivity index (χ3n) is 2.40. The summed E-state index contributed by atoms with van der Waals surface area (Å²) in [6.07, 6.45) is 0. The fourth-order valence-corrected chi connectivity index (χ4v) is 3.40. The molecule has 96 valence electrons. The van der Waals surface area contributed by atoms with Gasteiger partial charge in [0.2, 0.25) is 9.84 Å². The fourth-order valence-electron chi connectivity index (χ4n) is 1.62. The normalized spacial score (nSPS) is 12.9. The summed E-state index contributed by atoms with van der Waals surface area (Å²) in [5.41, 5.74) is 1.09. The number of hydrogen-bond donors (Lipinski definition) is 0. The molecule has 2 rings (SSSR count). The molecule has 0 spiro atoms. The molecule has 0 atom stereocenters. The number of fused-ring (bicyclic) bond motifs is 1. The average molecular weight is 325 g/mol. The molecule has 0 aliphatic heterocycles. The van der Waals surface area contributed by atoms with Crippen molar-refractivity contribution in [3.63, 3.8) is 0 Å². The topological polar surface area (TPSA) is 47.0 Å². The molecule has 0 radical (unpaired) electrons. The van der Waals surface area contributed by atoms with Gasteiger partial charge < -0.3 is 0 Å². The first kappa shape index (κ1) is 13.9. The predicted molar refractivity (Wildman–Crippen MR) is 74.0 cm³/mol. The lowest BCUT2D eigenvalue weighted by Gasteiger charge is -2.14. The Morgan fingerprint density at radius 2 is 1.78 bits per heavy atom. The molecule has 18 heavy (non-hydrogen) atoms. The zero-order valence-electron chi connectivity index (χ0n) is 9.19. The second-order valence-electron chi connectivity index (χ2n) is 3.73. The number of hydrogen-bond acceptors (Lipinski definition) is 3. The van der Waals surface area contributed by atoms with Crippen molar-refractivity contribution >= 4 is 55.5 Å². The molecule has 1 aromatic carbocycles. The van der Waals surface area contributed by atoms with Gasteiger partial charge in [0.1, 0.15) is 0 Å². The van der Waals surface area contributed by atoms with Crippen LogP contribution < -0.4 is 0 Å². The quantitative estimate of drug-likeness (QED) is 0.752. The summed E-state index contributed by atoms with van der Waals surface area (Å²) >= 11 is 16.6. The van der Waals surface area contributed by atoms with E-state index in [2.05, 4.69) is 4.98 Å². The summed E-state index contributed by atoms with van der Waals surface area (Å²) in [5, 5.41) is 0.439. The number of alkyl halides is 3. The van der Waals surface area contributed by atoms with Crippen LogP contribution in [0.4, 0.5) is 0 Å². The maximum Gasteiger partial charge on any atom is 0.297 e. The van der Waals surface area contributed by atoms with Crippen molar-refractivity contribution in [2.75, 3.05) is 0 Å². The summed E-state index contributed by atoms with van der Waals surface area (Å²) in [7, 11) is -4.07. The van der Waals surface area contributed by atoms with Gasteiger partial charge in [-0.05, 0) is 19.1 Å². The van der Waals surface area contributed by atoms with Crippen LogP contribution in [-0.2, 0) is 9.84 Å². The van der Waals surface area contributed by atoms with Crippen LogP contribution in [0.1, 0.15) is 5.69 Å². The van der Waals surface area contributed by atoms with Gasteiger partial charge in [-0.3, -0.25) is 4.98 Å². The molecule has 0 saturated heterocycles. The van der Waals surface area contributed by atoms with Gasteiger partial charge in [-0.25, -0.2) is 8.42 Å². The van der Waals surface area contributed by atoms with Crippen molar-refractivity contribution in [1.29, 1.82) is 0 Å². The Hall–Kier alpha value is -0.550. The first-order valence-electron chi connectivity index (χ1n) is 4.91. The molecule has 0 aliphatic carbocycles. The van der Waals surface area contributed by atoms with Crippen molar-refractivity contribution in [1.82, 2.24) is 4.98 Å². The molecule has 0 fully saturated rings. The number of aromatic nitrogens is 1. The van der Waals surface area contributed by atoms with Gasteiger partial charge in [0.15, 0.2) is 0 Å². The van der Waals surface area contributed by atoms with Crippen LogP contribution >= 0.6 is 34.8 Å². The van der Waals surface area contributed by atoms with Crippen LogP contribution in [0.25, 0.3) is 10.9 Å². The van der Waals surface area contributed by atoms with E-state index < -0.39 is 13.0 Å². The molecule has 0 aliphatic rings. The first-order chi connectivity index (χ1) is 8.23. The lowest BCUT2D eigenvalue weighted by atomic mass is 10.2. The highest BCUT2D eigenvalue weighted by atomic mass is 35.6. The number of pyridine rings is 1. The zero-order valence-corrected chi connectivity index (χ0v) is 12.3. The monoisotopic (exact) mass is 323 g/mol. The second kappa shape index (κ2) is 4.53. The van der Waals surface area contributed by atoms with E-state index in [9.17, 15) is 8.42 Å². The van der Waals surface area contributed by atoms with Crippen LogP contribution in [0.15, 0.2) is 35.2 Å². The maximum atomic E-state index is 12.2. The second-order valence-corrected chi connectivity index (χ2v) is 8.74. The van der Waals surface area contributed by atoms with Gasteiger partial charge >= 0.3 is 0 Å². The van der Waals surface area contributed by atoms with E-state index in [1.165, 1.54) is 6.07 Å². The SMILES string of the molecule is Cc1cc(S(=O)(=O)C(Cl)(Cl)Cl)c2ccccc2n1. The fraction of sp³-hybridized carbons (Fsp3) is 0.182. The van der Waals surface area contributed by atoms with E-state index in [0.717, 1.165) is 0 Å². The Morgan fingerprint density at radius 3 is 2.39 bits per heavy atom. The summed E-state index contributed by atoms with van der Waals surface area (Å²) in [5.74, 6) is 0. The average Bonchev–Trinajstić information content (AvgIpc) is 2.26. The van der Waals surface area contributed by atoms with Gasteiger partial charge in [-0.15, -0.1) is 0 Å². The number of aryl methyl sites for hydroxylation is 1. The number of nitrogens with zero attached hydrogens (tertiary/aromatic N) is 1. The standard InChI is InChI=1S/C11H8Cl3NO2S/c1-7-6-10(18(16,17)11(12,13)14)8-4-2-3-5-9(8)15-7/h2-6H,1H3. The minimum absolute atomic E-state index is 0.0226. The number of rotatable bonds is 1. The Morgan fingerprint density at radius 1 is 1.17 bits per heavy atom. The van der Waals surface area contributed by atoms with Crippen molar-refractivity contribution in [2.24, 2.45) is 0 Å². The Kier molecular flexibility index (Phi) is 3.49. The summed E-state index contributed by atoms with van der Waals surface area (Å²) < 4.78 is 22.0. The first-order valence-corrected chi connectivity index (χ1v) is 7.53. The zero-order chi connectivity index (χ0) is 13.6. The molecule has 0 unspecified atom stereocenters. The van der Waals surface area contributed by atoms with Crippen molar-refractivity contribution < 1.29 is 8.42 Å². The highest BCUT2D eigenvalue weighted by Crippen LogP contribution is 2.39. The van der Waals surface area contributed by atoms with Crippen LogP contribution in [0.2, 0.25) is 0 Å². The molecule has 0 N–H and O–H groups in total. The van der Waals surface area contributed by atoms with Crippen molar-refractivity contribution in [3.05, 3.63) is 36.0 Å². The van der Waals surface area contributed by atoms with Crippen LogP contribution in [0, 0.1) is 6.92 Å². The van der Waals surface area contributed by atoms with Gasteiger partial charge in [-0.2, -0.15) is 0 Å². The van der Waals surface area contributed by atoms with Crippen LogP contribution in [0.5, 0.6) is 0 Å². The van der Waals surface area contributed by atoms with E-state index in [1.54, 1.807) is 31.2 Å². The van der Waals surface area contributed by atoms with Gasteiger partial charge in [0.25, 0.3) is 3.12 Å². The molecule has 0 saturated carbocycles. The van der Waals surface area contributed by atoms with Crippen molar-refractivity contribution in [2.45, 2.75) is 14.9 Å². The third kappa shape index (κ3) is 2.30. The van der Waals surface area contributed by atoms with Gasteiger partial charge in [0, 0.05) is 11.1 Å². The Bertz CT molecular complexity index is 708. The lowest BCUT2D eigenvalue weighted by molar-refractivity contribution is 0.597. The van der Waals surface area contributed by atoms with E-state index in [4.69, 9.17) is 34.8 Å². The minimum Gasteiger partial charge on any atom is -0.253 e. The third-order valence-corrected chi connectivity index (χ3v) is 5.75. The molecular weight excluding hydrogens is 317 g/mol. The largest absolute Gasteiger partial charge is 0.297 e. The molecular formula is C11H8Cl3NO2S. The predicted octanol–water partition coefficient (Wildman–Crippen LogP) is 3.64. The maximum absolute atomic E-state index is 12.2. The Balaban J connectivity index is 2.88. The molecule has 0 amide bonds. The van der Waals surface area contributed by atoms with E-state index in [1.807, 2.05) is 0 Å². The molecule has 7 heteroatoms. The van der Waals surface area contributed by atoms with Crippen LogP contribution in [0.3, 0.4) is 0 Å². The minimum atomic E-state index is -4.07. The smallest absolute Gasteiger partial charge is 0.253 e. The van der Waals surface area contributed by atoms with E-state index in [0.29, 0.717) is 16.6 Å². The van der Waals surface area contributed by atoms with Gasteiger partial charge in [0.05, 0.1) is 10.4 Å². The van der Waals surface area contributed by atoms with Crippen LogP contribution in [-0.4, -0.2) is 16.5 Å². The molecule has 1 aromatic heterocycles. The van der Waals surface area contributed by atoms with Crippen molar-refractivity contribution in [3.8, 4) is 0 Å². The number of benzene rings is 1. The molecule has 3 nitrogen and oxygen atoms in total. The lowest BCUT2D eigenvalue weighted by Crippen LogP contribution is -2.20. The van der Waals surface area contributed by atoms with E-state index >= 15 is 0 Å². The molecule has 1 heterocycles.